The first-order chi connectivity index (χ1) is 10.0. The second-order valence-corrected chi connectivity index (χ2v) is 5.96. The van der Waals surface area contributed by atoms with Crippen LogP contribution in [0.15, 0.2) is 29.1 Å². The molecule has 0 unspecified atom stereocenters. The first-order valence-electron chi connectivity index (χ1n) is 7.39. The van der Waals surface area contributed by atoms with Crippen molar-refractivity contribution in [1.29, 1.82) is 0 Å². The fraction of sp³-hybridized carbons (Fsp3) is 0.333. The van der Waals surface area contributed by atoms with Crippen LogP contribution < -0.4 is 5.56 Å². The zero-order chi connectivity index (χ0) is 15.1. The molecule has 0 amide bonds. The zero-order valence-electron chi connectivity index (χ0n) is 12.6. The first kappa shape index (κ1) is 13.8. The molecule has 1 aromatic carbocycles. The molecule has 1 aliphatic rings. The van der Waals surface area contributed by atoms with E-state index in [1.165, 1.54) is 12.5 Å². The summed E-state index contributed by atoms with van der Waals surface area (Å²) in [7, 11) is 0. The largest absolute Gasteiger partial charge is 0.325 e. The Bertz CT molecular complexity index is 784. The van der Waals surface area contributed by atoms with Gasteiger partial charge in [-0.3, -0.25) is 9.59 Å². The maximum atomic E-state index is 12.3. The number of aryl methyl sites for hydroxylation is 1. The number of carbonyl (C=O) groups excluding carboxylic acids is 1. The predicted octanol–water partition coefficient (Wildman–Crippen LogP) is 3.47. The number of hydrogen-bond donors (Lipinski definition) is 1. The van der Waals surface area contributed by atoms with Crippen molar-refractivity contribution in [3.8, 4) is 11.1 Å². The summed E-state index contributed by atoms with van der Waals surface area (Å²) < 4.78 is 0. The summed E-state index contributed by atoms with van der Waals surface area (Å²) in [5, 5.41) is 0. The second kappa shape index (κ2) is 4.99. The number of benzene rings is 1. The van der Waals surface area contributed by atoms with E-state index in [0.29, 0.717) is 5.56 Å². The molecule has 3 heteroatoms. The van der Waals surface area contributed by atoms with Gasteiger partial charge in [0.2, 0.25) is 0 Å². The number of fused-ring (bicyclic) bond motifs is 3. The number of carbonyl (C=O) groups is 1. The van der Waals surface area contributed by atoms with Gasteiger partial charge in [0.15, 0.2) is 5.78 Å². The zero-order valence-corrected chi connectivity index (χ0v) is 12.6. The molecule has 0 saturated carbocycles. The van der Waals surface area contributed by atoms with Crippen molar-refractivity contribution in [2.45, 2.75) is 39.5 Å². The molecule has 1 heterocycles. The number of nitrogens with one attached hydrogen (secondary N) is 1. The quantitative estimate of drug-likeness (QED) is 0.857. The number of aromatic amines is 1. The van der Waals surface area contributed by atoms with Gasteiger partial charge in [0, 0.05) is 11.3 Å². The van der Waals surface area contributed by atoms with Crippen molar-refractivity contribution < 1.29 is 4.79 Å². The molecule has 0 saturated heterocycles. The molecule has 0 spiro atoms. The third-order valence-corrected chi connectivity index (χ3v) is 4.21. The molecule has 0 atom stereocenters. The molecule has 3 nitrogen and oxygen atoms in total. The van der Waals surface area contributed by atoms with Crippen LogP contribution >= 0.6 is 0 Å². The molecule has 0 fully saturated rings. The van der Waals surface area contributed by atoms with Crippen molar-refractivity contribution in [1.82, 2.24) is 4.98 Å². The van der Waals surface area contributed by atoms with Gasteiger partial charge in [0.05, 0.1) is 5.56 Å². The van der Waals surface area contributed by atoms with Gasteiger partial charge in [0.1, 0.15) is 0 Å². The Morgan fingerprint density at radius 3 is 2.57 bits per heavy atom. The van der Waals surface area contributed by atoms with Crippen LogP contribution in [0.5, 0.6) is 0 Å². The highest BCUT2D eigenvalue weighted by atomic mass is 16.1. The summed E-state index contributed by atoms with van der Waals surface area (Å²) in [6.07, 6.45) is 1.63. The summed E-state index contributed by atoms with van der Waals surface area (Å²) in [5.74, 6) is 0.0563. The molecule has 0 radical (unpaired) electrons. The van der Waals surface area contributed by atoms with Crippen LogP contribution in [-0.4, -0.2) is 10.8 Å². The highest BCUT2D eigenvalue weighted by Crippen LogP contribution is 2.38. The molecular weight excluding hydrogens is 262 g/mol. The number of ketones is 1. The topological polar surface area (TPSA) is 49.9 Å². The van der Waals surface area contributed by atoms with Crippen molar-refractivity contribution in [3.63, 3.8) is 0 Å². The number of H-pyrrole nitrogens is 1. The molecule has 3 rings (SSSR count). The van der Waals surface area contributed by atoms with Crippen molar-refractivity contribution >= 4 is 5.78 Å². The summed E-state index contributed by atoms with van der Waals surface area (Å²) >= 11 is 0. The minimum atomic E-state index is -0.246. The average molecular weight is 281 g/mol. The molecule has 1 N–H and O–H groups in total. The van der Waals surface area contributed by atoms with E-state index in [4.69, 9.17) is 0 Å². The summed E-state index contributed by atoms with van der Waals surface area (Å²) in [6, 6.07) is 8.26. The van der Waals surface area contributed by atoms with Gasteiger partial charge in [-0.2, -0.15) is 0 Å². The van der Waals surface area contributed by atoms with Gasteiger partial charge in [-0.1, -0.05) is 38.1 Å². The van der Waals surface area contributed by atoms with E-state index in [-0.39, 0.29) is 17.3 Å². The van der Waals surface area contributed by atoms with Crippen molar-refractivity contribution in [2.24, 2.45) is 0 Å². The van der Waals surface area contributed by atoms with E-state index >= 15 is 0 Å². The first-order valence-corrected chi connectivity index (χ1v) is 7.39. The van der Waals surface area contributed by atoms with E-state index in [2.05, 4.69) is 31.0 Å². The Hall–Kier alpha value is -2.16. The lowest BCUT2D eigenvalue weighted by molar-refractivity contribution is 0.101. The third-order valence-electron chi connectivity index (χ3n) is 4.21. The van der Waals surface area contributed by atoms with Crippen LogP contribution in [0.1, 0.15) is 53.9 Å². The highest BCUT2D eigenvalue weighted by Gasteiger charge is 2.26. The molecule has 21 heavy (non-hydrogen) atoms. The number of rotatable bonds is 2. The summed E-state index contributed by atoms with van der Waals surface area (Å²) in [6.45, 7) is 5.60. The number of pyridine rings is 1. The van der Waals surface area contributed by atoms with E-state index in [1.807, 2.05) is 12.1 Å². The maximum Gasteiger partial charge on any atom is 0.259 e. The van der Waals surface area contributed by atoms with Gasteiger partial charge in [0.25, 0.3) is 5.56 Å². The van der Waals surface area contributed by atoms with E-state index < -0.39 is 0 Å². The lowest BCUT2D eigenvalue weighted by atomic mass is 9.80. The molecular formula is C18H19NO2. The van der Waals surface area contributed by atoms with Crippen LogP contribution in [0.3, 0.4) is 0 Å². The van der Waals surface area contributed by atoms with Gasteiger partial charge < -0.3 is 4.98 Å². The van der Waals surface area contributed by atoms with Crippen molar-refractivity contribution in [2.75, 3.05) is 0 Å². The van der Waals surface area contributed by atoms with Crippen molar-refractivity contribution in [3.05, 3.63) is 57.0 Å². The highest BCUT2D eigenvalue weighted by molar-refractivity contribution is 5.98. The molecule has 2 aromatic rings. The second-order valence-electron chi connectivity index (χ2n) is 5.96. The van der Waals surface area contributed by atoms with Gasteiger partial charge >= 0.3 is 0 Å². The Labute approximate surface area is 124 Å². The van der Waals surface area contributed by atoms with Crippen LogP contribution in [0.4, 0.5) is 0 Å². The minimum Gasteiger partial charge on any atom is -0.325 e. The Morgan fingerprint density at radius 2 is 1.90 bits per heavy atom. The van der Waals surface area contributed by atoms with Crippen LogP contribution in [0.2, 0.25) is 0 Å². The van der Waals surface area contributed by atoms with Gasteiger partial charge in [-0.25, -0.2) is 0 Å². The average Bonchev–Trinajstić information content (AvgIpc) is 2.45. The molecule has 1 aliphatic carbocycles. The molecule has 108 valence electrons. The molecule has 1 aromatic heterocycles. The fourth-order valence-electron chi connectivity index (χ4n) is 3.28. The lowest BCUT2D eigenvalue weighted by Gasteiger charge is -2.25. The van der Waals surface area contributed by atoms with Crippen LogP contribution in [0.25, 0.3) is 11.1 Å². The predicted molar refractivity (Wildman–Crippen MR) is 84.0 cm³/mol. The smallest absolute Gasteiger partial charge is 0.259 e. The van der Waals surface area contributed by atoms with Crippen LogP contribution in [-0.2, 0) is 12.8 Å². The summed E-state index contributed by atoms with van der Waals surface area (Å²) in [5.41, 5.74) is 5.46. The normalized spacial score (nSPS) is 13.0. The van der Waals surface area contributed by atoms with Gasteiger partial charge in [-0.15, -0.1) is 0 Å². The van der Waals surface area contributed by atoms with E-state index in [9.17, 15) is 9.59 Å². The number of hydrogen-bond acceptors (Lipinski definition) is 2. The molecule has 0 aliphatic heterocycles. The summed E-state index contributed by atoms with van der Waals surface area (Å²) in [4.78, 5) is 27.2. The van der Waals surface area contributed by atoms with E-state index in [0.717, 1.165) is 35.2 Å². The Balaban J connectivity index is 2.43. The number of aromatic nitrogens is 1. The Morgan fingerprint density at radius 1 is 1.19 bits per heavy atom. The lowest BCUT2D eigenvalue weighted by Crippen LogP contribution is -2.25. The number of Topliss-reactive ketones (excluding diaryl/α,β-unsaturated/α-hetero) is 1. The minimum absolute atomic E-state index is 0.151. The van der Waals surface area contributed by atoms with Crippen LogP contribution in [0, 0.1) is 0 Å². The fourth-order valence-corrected chi connectivity index (χ4v) is 3.28. The van der Waals surface area contributed by atoms with Gasteiger partial charge in [-0.05, 0) is 42.4 Å². The SMILES string of the molecule is CC(=O)c1c2c(c(C(C)C)[nH]c1=O)-c1ccccc1CC2. The standard InChI is InChI=1S/C18H19NO2/c1-10(2)17-16-13-7-5-4-6-12(13)8-9-14(16)15(11(3)20)18(21)19-17/h4-7,10H,8-9H2,1-3H3,(H,19,21). The molecule has 0 bridgehead atoms. The maximum absolute atomic E-state index is 12.3. The van der Waals surface area contributed by atoms with E-state index in [1.54, 1.807) is 0 Å². The Kier molecular flexibility index (Phi) is 3.28. The monoisotopic (exact) mass is 281 g/mol. The third kappa shape index (κ3) is 2.13.